The third-order valence-electron chi connectivity index (χ3n) is 4.64. The molecule has 0 fully saturated rings. The van der Waals surface area contributed by atoms with Gasteiger partial charge >= 0.3 is 5.97 Å². The van der Waals surface area contributed by atoms with E-state index < -0.39 is 16.8 Å². The van der Waals surface area contributed by atoms with Crippen LogP contribution in [0.25, 0.3) is 0 Å². The van der Waals surface area contributed by atoms with Crippen molar-refractivity contribution >= 4 is 17.5 Å². The van der Waals surface area contributed by atoms with E-state index in [1.807, 2.05) is 13.8 Å². The first kappa shape index (κ1) is 18.1. The Kier molecular flexibility index (Phi) is 4.53. The van der Waals surface area contributed by atoms with Gasteiger partial charge in [-0.25, -0.2) is 0 Å². The zero-order valence-electron chi connectivity index (χ0n) is 14.9. The Morgan fingerprint density at radius 1 is 1.00 bits per heavy atom. The van der Waals surface area contributed by atoms with Crippen LogP contribution in [0.2, 0.25) is 0 Å². The van der Waals surface area contributed by atoms with E-state index in [9.17, 15) is 19.5 Å². The summed E-state index contributed by atoms with van der Waals surface area (Å²) in [7, 11) is 0. The molecule has 1 aliphatic carbocycles. The molecule has 4 nitrogen and oxygen atoms in total. The zero-order chi connectivity index (χ0) is 18.3. The summed E-state index contributed by atoms with van der Waals surface area (Å²) in [5, 5.41) is 9.35. The van der Waals surface area contributed by atoms with Gasteiger partial charge in [-0.1, -0.05) is 38.1 Å². The molecule has 0 unspecified atom stereocenters. The molecule has 0 bridgehead atoms. The number of hydrogen-bond donors (Lipinski definition) is 1. The van der Waals surface area contributed by atoms with Gasteiger partial charge in [0, 0.05) is 22.3 Å². The summed E-state index contributed by atoms with van der Waals surface area (Å²) in [4.78, 5) is 36.8. The molecule has 0 heterocycles. The molecule has 1 aromatic carbocycles. The van der Waals surface area contributed by atoms with Crippen LogP contribution in [0.1, 0.15) is 68.2 Å². The summed E-state index contributed by atoms with van der Waals surface area (Å²) in [6.45, 7) is 8.93. The first-order valence-corrected chi connectivity index (χ1v) is 8.08. The van der Waals surface area contributed by atoms with Crippen molar-refractivity contribution in [1.29, 1.82) is 0 Å². The molecule has 0 radical (unpaired) electrons. The normalized spacial score (nSPS) is 15.5. The first-order valence-electron chi connectivity index (χ1n) is 8.08. The largest absolute Gasteiger partial charge is 0.481 e. The standard InChI is InChI=1S/C20H24O4/c1-12-15(10-19(2,3)11-20(4,5)18(23)24)17(22)14-9-7-6-8-13(14)16(12)21/h6-9H,10-11H2,1-5H3,(H,23,24). The summed E-state index contributed by atoms with van der Waals surface area (Å²) in [5.74, 6) is -1.10. The lowest BCUT2D eigenvalue weighted by atomic mass is 9.69. The van der Waals surface area contributed by atoms with Crippen molar-refractivity contribution < 1.29 is 19.5 Å². The van der Waals surface area contributed by atoms with Crippen molar-refractivity contribution in [1.82, 2.24) is 0 Å². The molecule has 1 aliphatic rings. The number of hydrogen-bond acceptors (Lipinski definition) is 3. The lowest BCUT2D eigenvalue weighted by Gasteiger charge is -2.34. The van der Waals surface area contributed by atoms with E-state index in [1.165, 1.54) is 0 Å². The van der Waals surface area contributed by atoms with Crippen molar-refractivity contribution in [3.8, 4) is 0 Å². The molecule has 128 valence electrons. The van der Waals surface area contributed by atoms with Crippen LogP contribution in [0.3, 0.4) is 0 Å². The second kappa shape index (κ2) is 6.00. The maximum atomic E-state index is 12.8. The SMILES string of the molecule is CC1=C(CC(C)(C)CC(C)(C)C(=O)O)C(=O)c2ccccc2C1=O. The maximum absolute atomic E-state index is 12.8. The summed E-state index contributed by atoms with van der Waals surface area (Å²) in [5.41, 5.74) is 0.562. The predicted molar refractivity (Wildman–Crippen MR) is 92.2 cm³/mol. The minimum Gasteiger partial charge on any atom is -0.481 e. The number of benzene rings is 1. The van der Waals surface area contributed by atoms with Gasteiger partial charge in [0.1, 0.15) is 0 Å². The smallest absolute Gasteiger partial charge is 0.309 e. The highest BCUT2D eigenvalue weighted by atomic mass is 16.4. The van der Waals surface area contributed by atoms with Crippen molar-refractivity contribution in [3.63, 3.8) is 0 Å². The van der Waals surface area contributed by atoms with E-state index in [-0.39, 0.29) is 11.6 Å². The summed E-state index contributed by atoms with van der Waals surface area (Å²) >= 11 is 0. The summed E-state index contributed by atoms with van der Waals surface area (Å²) in [6, 6.07) is 6.85. The highest BCUT2D eigenvalue weighted by Crippen LogP contribution is 2.41. The predicted octanol–water partition coefficient (Wildman–Crippen LogP) is 4.30. The van der Waals surface area contributed by atoms with Crippen LogP contribution in [0.5, 0.6) is 0 Å². The van der Waals surface area contributed by atoms with E-state index in [0.717, 1.165) is 0 Å². The monoisotopic (exact) mass is 328 g/mol. The van der Waals surface area contributed by atoms with Gasteiger partial charge in [-0.2, -0.15) is 0 Å². The van der Waals surface area contributed by atoms with E-state index >= 15 is 0 Å². The minimum atomic E-state index is -0.891. The van der Waals surface area contributed by atoms with Crippen molar-refractivity contribution in [2.75, 3.05) is 0 Å². The van der Waals surface area contributed by atoms with Crippen LogP contribution >= 0.6 is 0 Å². The van der Waals surface area contributed by atoms with E-state index in [0.29, 0.717) is 35.1 Å². The first-order chi connectivity index (χ1) is 11.0. The molecule has 0 spiro atoms. The Bertz CT molecular complexity index is 751. The van der Waals surface area contributed by atoms with Gasteiger partial charge < -0.3 is 5.11 Å². The second-order valence-electron chi connectivity index (χ2n) is 8.01. The molecular formula is C20H24O4. The van der Waals surface area contributed by atoms with E-state index in [2.05, 4.69) is 0 Å². The van der Waals surface area contributed by atoms with Crippen LogP contribution in [0.4, 0.5) is 0 Å². The van der Waals surface area contributed by atoms with E-state index in [1.54, 1.807) is 45.0 Å². The third kappa shape index (κ3) is 3.32. The molecule has 0 amide bonds. The molecule has 1 N–H and O–H groups in total. The molecule has 24 heavy (non-hydrogen) atoms. The quantitative estimate of drug-likeness (QED) is 0.874. The van der Waals surface area contributed by atoms with Crippen LogP contribution in [0.15, 0.2) is 35.4 Å². The van der Waals surface area contributed by atoms with Crippen molar-refractivity contribution in [3.05, 3.63) is 46.5 Å². The van der Waals surface area contributed by atoms with Gasteiger partial charge in [-0.15, -0.1) is 0 Å². The number of ketones is 2. The number of rotatable bonds is 5. The number of aliphatic carboxylic acids is 1. The van der Waals surface area contributed by atoms with Gasteiger partial charge in [0.25, 0.3) is 0 Å². The van der Waals surface area contributed by atoms with Crippen LogP contribution in [0, 0.1) is 10.8 Å². The Morgan fingerprint density at radius 3 is 2.00 bits per heavy atom. The Balaban J connectivity index is 2.35. The van der Waals surface area contributed by atoms with Gasteiger partial charge in [-0.3, -0.25) is 14.4 Å². The van der Waals surface area contributed by atoms with Crippen molar-refractivity contribution in [2.24, 2.45) is 10.8 Å². The Hall–Kier alpha value is -2.23. The number of carbonyl (C=O) groups excluding carboxylic acids is 2. The zero-order valence-corrected chi connectivity index (χ0v) is 14.9. The number of allylic oxidation sites excluding steroid dienone is 2. The number of carbonyl (C=O) groups is 3. The third-order valence-corrected chi connectivity index (χ3v) is 4.64. The highest BCUT2D eigenvalue weighted by molar-refractivity contribution is 6.26. The van der Waals surface area contributed by atoms with Gasteiger partial charge in [0.05, 0.1) is 5.41 Å². The lowest BCUT2D eigenvalue weighted by Crippen LogP contribution is -2.32. The number of carboxylic acid groups (broad SMARTS) is 1. The highest BCUT2D eigenvalue weighted by Gasteiger charge is 2.38. The molecule has 4 heteroatoms. The summed E-state index contributed by atoms with van der Waals surface area (Å²) in [6.07, 6.45) is 0.795. The molecule has 0 aliphatic heterocycles. The molecule has 0 saturated carbocycles. The Morgan fingerprint density at radius 2 is 1.50 bits per heavy atom. The van der Waals surface area contributed by atoms with Gasteiger partial charge in [-0.05, 0) is 39.0 Å². The minimum absolute atomic E-state index is 0.117. The fourth-order valence-electron chi connectivity index (χ4n) is 3.58. The van der Waals surface area contributed by atoms with Crippen LogP contribution in [-0.4, -0.2) is 22.6 Å². The number of fused-ring (bicyclic) bond motifs is 1. The fourth-order valence-corrected chi connectivity index (χ4v) is 3.58. The average Bonchev–Trinajstić information content (AvgIpc) is 2.48. The van der Waals surface area contributed by atoms with Gasteiger partial charge in [0.15, 0.2) is 11.6 Å². The number of Topliss-reactive ketones (excluding diaryl/α,β-unsaturated/α-hetero) is 2. The van der Waals surface area contributed by atoms with Crippen LogP contribution in [-0.2, 0) is 4.79 Å². The maximum Gasteiger partial charge on any atom is 0.309 e. The topological polar surface area (TPSA) is 71.4 Å². The number of carboxylic acids is 1. The average molecular weight is 328 g/mol. The molecule has 1 aromatic rings. The fraction of sp³-hybridized carbons (Fsp3) is 0.450. The molecule has 0 saturated heterocycles. The molecular weight excluding hydrogens is 304 g/mol. The lowest BCUT2D eigenvalue weighted by molar-refractivity contribution is -0.148. The summed E-state index contributed by atoms with van der Waals surface area (Å²) < 4.78 is 0. The molecule has 0 aromatic heterocycles. The Labute approximate surface area is 142 Å². The van der Waals surface area contributed by atoms with Crippen molar-refractivity contribution in [2.45, 2.75) is 47.5 Å². The van der Waals surface area contributed by atoms with E-state index in [4.69, 9.17) is 0 Å². The van der Waals surface area contributed by atoms with Gasteiger partial charge in [0.2, 0.25) is 0 Å². The second-order valence-corrected chi connectivity index (χ2v) is 8.01. The molecule has 2 rings (SSSR count). The molecule has 0 atom stereocenters. The van der Waals surface area contributed by atoms with Crippen LogP contribution < -0.4 is 0 Å².